The van der Waals surface area contributed by atoms with Crippen molar-refractivity contribution < 1.29 is 9.59 Å². The Balaban J connectivity index is 3.37. The fourth-order valence-corrected chi connectivity index (χ4v) is 0.416. The molecule has 11 heavy (non-hydrogen) atoms. The molecule has 0 fully saturated rings. The number of hydrogen-bond acceptors (Lipinski definition) is 2. The largest absolute Gasteiger partial charge is 0.352 e. The average molecular weight is 157 g/mol. The Morgan fingerprint density at radius 1 is 1.45 bits per heavy atom. The van der Waals surface area contributed by atoms with Crippen LogP contribution in [0.2, 0.25) is 0 Å². The van der Waals surface area contributed by atoms with Gasteiger partial charge in [-0.1, -0.05) is 6.08 Å². The summed E-state index contributed by atoms with van der Waals surface area (Å²) < 4.78 is 0. The van der Waals surface area contributed by atoms with Gasteiger partial charge in [0, 0.05) is 6.54 Å². The quantitative estimate of drug-likeness (QED) is 0.455. The molecule has 0 aromatic carbocycles. The third-order valence-corrected chi connectivity index (χ3v) is 0.867. The highest BCUT2D eigenvalue weighted by molar-refractivity contribution is 5.83. The molecular weight excluding hydrogens is 146 g/mol. The van der Waals surface area contributed by atoms with E-state index in [2.05, 4.69) is 17.2 Å². The second-order valence-electron chi connectivity index (χ2n) is 1.81. The maximum atomic E-state index is 10.7. The molecule has 0 heterocycles. The molecule has 0 bridgehead atoms. The van der Waals surface area contributed by atoms with E-state index < -0.39 is 6.03 Å². The van der Waals surface area contributed by atoms with Crippen molar-refractivity contribution in [2.45, 2.75) is 0 Å². The molecule has 0 spiro atoms. The van der Waals surface area contributed by atoms with E-state index in [9.17, 15) is 9.59 Å². The van der Waals surface area contributed by atoms with Crippen LogP contribution >= 0.6 is 0 Å². The van der Waals surface area contributed by atoms with Crippen LogP contribution in [0, 0.1) is 0 Å². The molecule has 0 aliphatic heterocycles. The molecule has 3 amide bonds. The minimum atomic E-state index is -0.709. The normalized spacial score (nSPS) is 8.36. The maximum Gasteiger partial charge on any atom is 0.312 e. The minimum Gasteiger partial charge on any atom is -0.352 e. The van der Waals surface area contributed by atoms with Gasteiger partial charge in [-0.05, 0) is 0 Å². The first-order chi connectivity index (χ1) is 5.16. The summed E-state index contributed by atoms with van der Waals surface area (Å²) >= 11 is 0. The number of hydrogen-bond donors (Lipinski definition) is 3. The predicted octanol–water partition coefficient (Wildman–Crippen LogP) is -1.04. The van der Waals surface area contributed by atoms with Crippen LogP contribution in [0.25, 0.3) is 0 Å². The van der Waals surface area contributed by atoms with Gasteiger partial charge in [-0.3, -0.25) is 4.79 Å². The third-order valence-electron chi connectivity index (χ3n) is 0.867. The van der Waals surface area contributed by atoms with Gasteiger partial charge < -0.3 is 16.4 Å². The molecule has 0 aliphatic rings. The van der Waals surface area contributed by atoms with Crippen molar-refractivity contribution in [3.8, 4) is 0 Å². The highest BCUT2D eigenvalue weighted by atomic mass is 16.2. The zero-order valence-corrected chi connectivity index (χ0v) is 6.09. The molecule has 0 unspecified atom stereocenters. The van der Waals surface area contributed by atoms with Crippen LogP contribution in [-0.2, 0) is 4.79 Å². The fourth-order valence-electron chi connectivity index (χ4n) is 0.416. The van der Waals surface area contributed by atoms with Crippen molar-refractivity contribution >= 4 is 11.9 Å². The van der Waals surface area contributed by atoms with Crippen LogP contribution in [0.1, 0.15) is 0 Å². The van der Waals surface area contributed by atoms with Gasteiger partial charge in [0.25, 0.3) is 0 Å². The summed E-state index contributed by atoms with van der Waals surface area (Å²) in [4.78, 5) is 20.8. The monoisotopic (exact) mass is 157 g/mol. The Kier molecular flexibility index (Phi) is 4.55. The second kappa shape index (κ2) is 5.28. The Morgan fingerprint density at radius 2 is 2.09 bits per heavy atom. The van der Waals surface area contributed by atoms with Gasteiger partial charge in [0.05, 0.1) is 6.54 Å². The van der Waals surface area contributed by atoms with Gasteiger partial charge in [0.2, 0.25) is 5.91 Å². The molecule has 4 N–H and O–H groups in total. The topological polar surface area (TPSA) is 84.2 Å². The SMILES string of the molecule is C=CCNC(=O)CNC(N)=O. The minimum absolute atomic E-state index is 0.0941. The van der Waals surface area contributed by atoms with E-state index in [-0.39, 0.29) is 12.5 Å². The summed E-state index contributed by atoms with van der Waals surface area (Å²) in [5.74, 6) is -0.288. The van der Waals surface area contributed by atoms with Crippen LogP contribution in [-0.4, -0.2) is 25.0 Å². The second-order valence-corrected chi connectivity index (χ2v) is 1.81. The van der Waals surface area contributed by atoms with E-state index in [4.69, 9.17) is 5.73 Å². The predicted molar refractivity (Wildman–Crippen MR) is 40.8 cm³/mol. The lowest BCUT2D eigenvalue weighted by Crippen LogP contribution is -2.39. The van der Waals surface area contributed by atoms with Crippen LogP contribution in [0.3, 0.4) is 0 Å². The number of carbonyl (C=O) groups excluding carboxylic acids is 2. The Labute approximate surface area is 64.6 Å². The average Bonchev–Trinajstić information content (AvgIpc) is 1.97. The summed E-state index contributed by atoms with van der Waals surface area (Å²) in [5.41, 5.74) is 4.72. The van der Waals surface area contributed by atoms with Crippen molar-refractivity contribution in [2.75, 3.05) is 13.1 Å². The number of amides is 3. The summed E-state index contributed by atoms with van der Waals surface area (Å²) in [6.45, 7) is 3.70. The summed E-state index contributed by atoms with van der Waals surface area (Å²) in [6, 6.07) is -0.709. The summed E-state index contributed by atoms with van der Waals surface area (Å²) in [6.07, 6.45) is 1.54. The molecule has 5 heteroatoms. The van der Waals surface area contributed by atoms with Crippen molar-refractivity contribution in [1.29, 1.82) is 0 Å². The van der Waals surface area contributed by atoms with E-state index in [1.54, 1.807) is 6.08 Å². The van der Waals surface area contributed by atoms with Gasteiger partial charge in [0.1, 0.15) is 0 Å². The van der Waals surface area contributed by atoms with Crippen molar-refractivity contribution in [3.05, 3.63) is 12.7 Å². The number of nitrogens with one attached hydrogen (secondary N) is 2. The first-order valence-corrected chi connectivity index (χ1v) is 3.07. The lowest BCUT2D eigenvalue weighted by molar-refractivity contribution is -0.119. The van der Waals surface area contributed by atoms with Gasteiger partial charge >= 0.3 is 6.03 Å². The maximum absolute atomic E-state index is 10.7. The Bertz CT molecular complexity index is 167. The number of rotatable bonds is 4. The van der Waals surface area contributed by atoms with Gasteiger partial charge in [-0.25, -0.2) is 4.79 Å². The molecule has 0 radical (unpaired) electrons. The molecule has 0 saturated heterocycles. The van der Waals surface area contributed by atoms with E-state index in [1.165, 1.54) is 0 Å². The zero-order valence-electron chi connectivity index (χ0n) is 6.09. The van der Waals surface area contributed by atoms with Gasteiger partial charge in [-0.2, -0.15) is 0 Å². The standard InChI is InChI=1S/C6H11N3O2/c1-2-3-8-5(10)4-9-6(7)11/h2H,1,3-4H2,(H,8,10)(H3,7,9,11). The van der Waals surface area contributed by atoms with Gasteiger partial charge in [-0.15, -0.1) is 6.58 Å². The Morgan fingerprint density at radius 3 is 2.55 bits per heavy atom. The lowest BCUT2D eigenvalue weighted by Gasteiger charge is -2.01. The first kappa shape index (κ1) is 9.48. The van der Waals surface area contributed by atoms with Crippen molar-refractivity contribution in [1.82, 2.24) is 10.6 Å². The number of carbonyl (C=O) groups is 2. The highest BCUT2D eigenvalue weighted by Gasteiger charge is 1.98. The molecule has 0 aromatic heterocycles. The van der Waals surface area contributed by atoms with E-state index in [1.807, 2.05) is 0 Å². The van der Waals surface area contributed by atoms with Crippen LogP contribution in [0.15, 0.2) is 12.7 Å². The zero-order chi connectivity index (χ0) is 8.69. The van der Waals surface area contributed by atoms with Gasteiger partial charge in [0.15, 0.2) is 0 Å². The third kappa shape index (κ3) is 6.36. The fraction of sp³-hybridized carbons (Fsp3) is 0.333. The van der Waals surface area contributed by atoms with E-state index >= 15 is 0 Å². The smallest absolute Gasteiger partial charge is 0.312 e. The van der Waals surface area contributed by atoms with Crippen LogP contribution in [0.4, 0.5) is 4.79 Å². The van der Waals surface area contributed by atoms with Crippen molar-refractivity contribution in [3.63, 3.8) is 0 Å². The highest BCUT2D eigenvalue weighted by Crippen LogP contribution is 1.64. The molecule has 5 nitrogen and oxygen atoms in total. The molecule has 0 aliphatic carbocycles. The molecular formula is C6H11N3O2. The lowest BCUT2D eigenvalue weighted by atomic mass is 10.5. The summed E-state index contributed by atoms with van der Waals surface area (Å²) in [5, 5.41) is 4.61. The van der Waals surface area contributed by atoms with E-state index in [0.717, 1.165) is 0 Å². The summed E-state index contributed by atoms with van der Waals surface area (Å²) in [7, 11) is 0. The number of nitrogens with two attached hydrogens (primary N) is 1. The molecule has 0 rings (SSSR count). The van der Waals surface area contributed by atoms with Crippen LogP contribution < -0.4 is 16.4 Å². The van der Waals surface area contributed by atoms with E-state index in [0.29, 0.717) is 6.54 Å². The van der Waals surface area contributed by atoms with Crippen LogP contribution in [0.5, 0.6) is 0 Å². The number of primary amides is 1. The molecule has 0 aromatic rings. The van der Waals surface area contributed by atoms with Crippen molar-refractivity contribution in [2.24, 2.45) is 5.73 Å². The molecule has 62 valence electrons. The first-order valence-electron chi connectivity index (χ1n) is 3.07. The Hall–Kier alpha value is -1.52. The molecule has 0 atom stereocenters. The number of urea groups is 1. The molecule has 0 saturated carbocycles.